The number of aromatic nitrogens is 1. The minimum absolute atomic E-state index is 0.0603. The molecule has 0 atom stereocenters. The Morgan fingerprint density at radius 1 is 1.00 bits per heavy atom. The van der Waals surface area contributed by atoms with Crippen molar-refractivity contribution in [1.82, 2.24) is 4.57 Å². The number of hydrogen-bond donors (Lipinski definition) is 1. The topological polar surface area (TPSA) is 51.1 Å². The van der Waals surface area contributed by atoms with Gasteiger partial charge in [0.15, 0.2) is 5.43 Å². The summed E-state index contributed by atoms with van der Waals surface area (Å²) in [7, 11) is 0. The largest absolute Gasteiger partial charge is 0.344 e. The molecule has 3 rings (SSSR count). The number of amides is 1. The van der Waals surface area contributed by atoms with Gasteiger partial charge < -0.3 is 9.88 Å². The fourth-order valence-electron chi connectivity index (χ4n) is 3.48. The molecule has 0 unspecified atom stereocenters. The first-order valence-corrected chi connectivity index (χ1v) is 10.7. The van der Waals surface area contributed by atoms with Crippen molar-refractivity contribution < 1.29 is 4.79 Å². The number of para-hydroxylation sites is 1. The molecule has 1 heterocycles. The van der Waals surface area contributed by atoms with E-state index < -0.39 is 5.91 Å². The summed E-state index contributed by atoms with van der Waals surface area (Å²) in [5.41, 5.74) is 2.14. The van der Waals surface area contributed by atoms with Crippen LogP contribution < -0.4 is 10.7 Å². The standard InChI is InChI=1S/C24H24Cl2N2O2/c1-3-4-9-14-28-16(2)15-21(29)22(23(28)17-10-5-6-11-18(17)25)24(30)27-20-13-8-7-12-19(20)26/h5-8,10-13,15H,3-4,9,14H2,1-2H3,(H,27,30). The highest BCUT2D eigenvalue weighted by atomic mass is 35.5. The third-order valence-corrected chi connectivity index (χ3v) is 5.64. The van der Waals surface area contributed by atoms with Crippen molar-refractivity contribution in [1.29, 1.82) is 0 Å². The molecule has 0 aliphatic carbocycles. The van der Waals surface area contributed by atoms with Gasteiger partial charge in [0, 0.05) is 28.9 Å². The zero-order valence-electron chi connectivity index (χ0n) is 17.0. The summed E-state index contributed by atoms with van der Waals surface area (Å²) in [4.78, 5) is 26.3. The van der Waals surface area contributed by atoms with Crippen LogP contribution in [0.3, 0.4) is 0 Å². The number of nitrogens with one attached hydrogen (secondary N) is 1. The maximum atomic E-state index is 13.3. The summed E-state index contributed by atoms with van der Waals surface area (Å²) in [6.45, 7) is 4.70. The molecule has 0 saturated carbocycles. The molecule has 0 saturated heterocycles. The third kappa shape index (κ3) is 4.77. The number of benzene rings is 2. The van der Waals surface area contributed by atoms with E-state index in [0.717, 1.165) is 25.0 Å². The first-order valence-electron chi connectivity index (χ1n) is 9.99. The van der Waals surface area contributed by atoms with E-state index in [2.05, 4.69) is 12.2 Å². The molecule has 0 spiro atoms. The number of unbranched alkanes of at least 4 members (excludes halogenated alkanes) is 2. The van der Waals surface area contributed by atoms with Crippen LogP contribution in [-0.2, 0) is 6.54 Å². The predicted molar refractivity (Wildman–Crippen MR) is 125 cm³/mol. The van der Waals surface area contributed by atoms with E-state index in [-0.39, 0.29) is 11.0 Å². The summed E-state index contributed by atoms with van der Waals surface area (Å²) in [5, 5.41) is 3.67. The summed E-state index contributed by atoms with van der Waals surface area (Å²) in [6.07, 6.45) is 3.05. The Kier molecular flexibility index (Phi) is 7.35. The Bertz CT molecular complexity index is 1120. The van der Waals surface area contributed by atoms with Crippen LogP contribution in [0.2, 0.25) is 10.0 Å². The van der Waals surface area contributed by atoms with Crippen LogP contribution in [0.5, 0.6) is 0 Å². The van der Waals surface area contributed by atoms with Gasteiger partial charge in [-0.15, -0.1) is 0 Å². The minimum atomic E-state index is -0.507. The summed E-state index contributed by atoms with van der Waals surface area (Å²) >= 11 is 12.7. The van der Waals surface area contributed by atoms with Gasteiger partial charge >= 0.3 is 0 Å². The van der Waals surface area contributed by atoms with E-state index in [1.54, 1.807) is 30.3 Å². The Labute approximate surface area is 186 Å². The first kappa shape index (κ1) is 22.1. The summed E-state index contributed by atoms with van der Waals surface area (Å²) < 4.78 is 2.01. The number of nitrogens with zero attached hydrogens (tertiary/aromatic N) is 1. The van der Waals surface area contributed by atoms with Gasteiger partial charge in [-0.05, 0) is 31.5 Å². The van der Waals surface area contributed by atoms with Crippen molar-refractivity contribution >= 4 is 34.8 Å². The smallest absolute Gasteiger partial charge is 0.261 e. The van der Waals surface area contributed by atoms with E-state index in [4.69, 9.17) is 23.2 Å². The van der Waals surface area contributed by atoms with Gasteiger partial charge in [-0.3, -0.25) is 9.59 Å². The van der Waals surface area contributed by atoms with Crippen LogP contribution in [-0.4, -0.2) is 10.5 Å². The minimum Gasteiger partial charge on any atom is -0.344 e. The quantitative estimate of drug-likeness (QED) is 0.420. The zero-order valence-corrected chi connectivity index (χ0v) is 18.6. The van der Waals surface area contributed by atoms with Gasteiger partial charge in [-0.2, -0.15) is 0 Å². The summed E-state index contributed by atoms with van der Waals surface area (Å²) in [6, 6.07) is 15.7. The van der Waals surface area contributed by atoms with Crippen molar-refractivity contribution in [2.45, 2.75) is 39.7 Å². The Hall–Kier alpha value is -2.56. The van der Waals surface area contributed by atoms with Crippen LogP contribution in [0, 0.1) is 6.92 Å². The van der Waals surface area contributed by atoms with E-state index in [1.165, 1.54) is 6.07 Å². The van der Waals surface area contributed by atoms with E-state index in [0.29, 0.717) is 33.5 Å². The molecule has 156 valence electrons. The van der Waals surface area contributed by atoms with Crippen molar-refractivity contribution in [3.8, 4) is 11.3 Å². The highest BCUT2D eigenvalue weighted by Gasteiger charge is 2.23. The van der Waals surface area contributed by atoms with Gasteiger partial charge in [-0.1, -0.05) is 73.3 Å². The van der Waals surface area contributed by atoms with Crippen LogP contribution in [0.15, 0.2) is 59.4 Å². The molecule has 0 bridgehead atoms. The average molecular weight is 443 g/mol. The lowest BCUT2D eigenvalue weighted by Gasteiger charge is -2.21. The van der Waals surface area contributed by atoms with Crippen LogP contribution in [0.4, 0.5) is 5.69 Å². The van der Waals surface area contributed by atoms with Crippen molar-refractivity contribution in [3.63, 3.8) is 0 Å². The third-order valence-electron chi connectivity index (χ3n) is 4.98. The molecule has 6 heteroatoms. The molecule has 0 fully saturated rings. The number of hydrogen-bond acceptors (Lipinski definition) is 2. The maximum absolute atomic E-state index is 13.3. The first-order chi connectivity index (χ1) is 14.4. The number of carbonyl (C=O) groups excluding carboxylic acids is 1. The normalized spacial score (nSPS) is 10.8. The number of anilines is 1. The van der Waals surface area contributed by atoms with Gasteiger partial charge in [0.05, 0.1) is 16.4 Å². The Morgan fingerprint density at radius 2 is 1.67 bits per heavy atom. The van der Waals surface area contributed by atoms with Crippen LogP contribution >= 0.6 is 23.2 Å². The van der Waals surface area contributed by atoms with Gasteiger partial charge in [-0.25, -0.2) is 0 Å². The maximum Gasteiger partial charge on any atom is 0.261 e. The molecule has 4 nitrogen and oxygen atoms in total. The Morgan fingerprint density at radius 3 is 2.33 bits per heavy atom. The Balaban J connectivity index is 2.19. The molecule has 0 radical (unpaired) electrons. The molecule has 1 amide bonds. The fourth-order valence-corrected chi connectivity index (χ4v) is 3.88. The highest BCUT2D eigenvalue weighted by molar-refractivity contribution is 6.34. The van der Waals surface area contributed by atoms with Gasteiger partial charge in [0.2, 0.25) is 0 Å². The lowest BCUT2D eigenvalue weighted by molar-refractivity contribution is 0.102. The zero-order chi connectivity index (χ0) is 21.7. The SMILES string of the molecule is CCCCCn1c(C)cc(=O)c(C(=O)Nc2ccccc2Cl)c1-c1ccccc1Cl. The number of pyridine rings is 1. The molecule has 30 heavy (non-hydrogen) atoms. The number of carbonyl (C=O) groups is 1. The van der Waals surface area contributed by atoms with Crippen LogP contribution in [0.25, 0.3) is 11.3 Å². The van der Waals surface area contributed by atoms with E-state index in [9.17, 15) is 9.59 Å². The molecule has 1 N–H and O–H groups in total. The van der Waals surface area contributed by atoms with Crippen LogP contribution in [0.1, 0.15) is 42.2 Å². The molecule has 3 aromatic rings. The number of halogens is 2. The monoisotopic (exact) mass is 442 g/mol. The predicted octanol–water partition coefficient (Wildman–Crippen LogP) is 6.57. The van der Waals surface area contributed by atoms with E-state index in [1.807, 2.05) is 29.7 Å². The lowest BCUT2D eigenvalue weighted by Crippen LogP contribution is -2.27. The van der Waals surface area contributed by atoms with Crippen molar-refractivity contribution in [2.24, 2.45) is 0 Å². The van der Waals surface area contributed by atoms with Crippen molar-refractivity contribution in [2.75, 3.05) is 5.32 Å². The lowest BCUT2D eigenvalue weighted by atomic mass is 10.0. The summed E-state index contributed by atoms with van der Waals surface area (Å²) in [5.74, 6) is -0.507. The second-order valence-electron chi connectivity index (χ2n) is 7.15. The molecule has 2 aromatic carbocycles. The molecular formula is C24H24Cl2N2O2. The molecule has 0 aliphatic rings. The number of rotatable bonds is 7. The highest BCUT2D eigenvalue weighted by Crippen LogP contribution is 2.31. The molecular weight excluding hydrogens is 419 g/mol. The molecule has 0 aliphatic heterocycles. The van der Waals surface area contributed by atoms with Gasteiger partial charge in [0.1, 0.15) is 5.56 Å². The van der Waals surface area contributed by atoms with Gasteiger partial charge in [0.25, 0.3) is 5.91 Å². The molecule has 1 aromatic heterocycles. The average Bonchev–Trinajstić information content (AvgIpc) is 2.71. The second-order valence-corrected chi connectivity index (χ2v) is 7.96. The second kappa shape index (κ2) is 9.96. The fraction of sp³-hybridized carbons (Fsp3) is 0.250. The number of aryl methyl sites for hydroxylation is 1. The van der Waals surface area contributed by atoms with Crippen molar-refractivity contribution in [3.05, 3.63) is 86.1 Å². The van der Waals surface area contributed by atoms with E-state index >= 15 is 0 Å².